The van der Waals surface area contributed by atoms with Gasteiger partial charge in [0, 0.05) is 59.9 Å². The van der Waals surface area contributed by atoms with Crippen LogP contribution in [0.25, 0.3) is 22.8 Å². The predicted octanol–water partition coefficient (Wildman–Crippen LogP) is 14.2. The number of hydrogen-bond donors (Lipinski definition) is 0. The summed E-state index contributed by atoms with van der Waals surface area (Å²) >= 11 is 0. The zero-order valence-electron chi connectivity index (χ0n) is 36.8. The fourth-order valence-corrected chi connectivity index (χ4v) is 7.81. The van der Waals surface area contributed by atoms with Crippen LogP contribution in [0.3, 0.4) is 0 Å². The summed E-state index contributed by atoms with van der Waals surface area (Å²) in [6, 6.07) is 24.7. The molecule has 0 atom stereocenters. The van der Waals surface area contributed by atoms with Gasteiger partial charge in [-0.3, -0.25) is 0 Å². The maximum atomic E-state index is 16.0. The maximum absolute atomic E-state index is 16.0. The first kappa shape index (κ1) is 46.2. The molecule has 6 aromatic rings. The minimum absolute atomic E-state index is 0.104. The highest BCUT2D eigenvalue weighted by atomic mass is 19.1. The van der Waals surface area contributed by atoms with E-state index in [1.165, 1.54) is 101 Å². The van der Waals surface area contributed by atoms with E-state index < -0.39 is 11.6 Å². The molecule has 2 heterocycles. The van der Waals surface area contributed by atoms with Crippen molar-refractivity contribution in [1.82, 2.24) is 19.9 Å². The van der Waals surface area contributed by atoms with Gasteiger partial charge in [0.15, 0.2) is 11.6 Å². The van der Waals surface area contributed by atoms with E-state index in [0.29, 0.717) is 11.6 Å². The third kappa shape index (κ3) is 13.3. The number of ether oxygens (including phenoxy) is 1. The highest BCUT2D eigenvalue weighted by molar-refractivity contribution is 5.58. The Bertz CT molecular complexity index is 2270. The Balaban J connectivity index is 1.12. The van der Waals surface area contributed by atoms with Crippen LogP contribution in [0.1, 0.15) is 148 Å². The summed E-state index contributed by atoms with van der Waals surface area (Å²) in [5.74, 6) is 0.0739. The van der Waals surface area contributed by atoms with Crippen molar-refractivity contribution in [3.63, 3.8) is 0 Å². The Hall–Kier alpha value is -6.32. The molecule has 0 saturated heterocycles. The number of aryl methyl sites for hydroxylation is 2. The van der Waals surface area contributed by atoms with Crippen molar-refractivity contribution in [3.05, 3.63) is 154 Å². The highest BCUT2D eigenvalue weighted by Crippen LogP contribution is 2.36. The third-order valence-electron chi connectivity index (χ3n) is 11.6. The molecule has 2 aromatic heterocycles. The summed E-state index contributed by atoms with van der Waals surface area (Å²) in [5, 5.41) is 19.4. The number of hydrogen-bond acceptors (Lipinski definition) is 7. The van der Waals surface area contributed by atoms with E-state index in [-0.39, 0.29) is 46.6 Å². The number of unbranched alkanes of at least 4 members (excludes halogenated alkanes) is 12. The van der Waals surface area contributed by atoms with Gasteiger partial charge in [-0.05, 0) is 72.2 Å². The molecule has 7 nitrogen and oxygen atoms in total. The minimum Gasteiger partial charge on any atom is -0.457 e. The van der Waals surface area contributed by atoms with Crippen LogP contribution in [0.2, 0.25) is 0 Å². The molecule has 4 aromatic carbocycles. The van der Waals surface area contributed by atoms with Crippen LogP contribution in [0.4, 0.5) is 8.78 Å². The van der Waals surface area contributed by atoms with Gasteiger partial charge in [-0.15, -0.1) is 0 Å². The molecule has 0 aliphatic rings. The van der Waals surface area contributed by atoms with Crippen molar-refractivity contribution >= 4 is 0 Å². The fourth-order valence-electron chi connectivity index (χ4n) is 7.81. The number of benzene rings is 4. The van der Waals surface area contributed by atoms with Crippen molar-refractivity contribution in [2.75, 3.05) is 0 Å². The molecule has 0 aliphatic heterocycles. The molecule has 0 spiro atoms. The molecule has 0 fully saturated rings. The number of halogens is 2. The van der Waals surface area contributed by atoms with E-state index in [0.717, 1.165) is 59.1 Å². The molecule has 0 amide bonds. The summed E-state index contributed by atoms with van der Waals surface area (Å²) in [6.07, 6.45) is 27.2. The molecular formula is C54H58F2N6O. The van der Waals surface area contributed by atoms with Crippen LogP contribution < -0.4 is 4.74 Å². The first-order chi connectivity index (χ1) is 30.9. The van der Waals surface area contributed by atoms with E-state index in [1.54, 1.807) is 0 Å². The van der Waals surface area contributed by atoms with Gasteiger partial charge in [0.1, 0.15) is 35.3 Å². The summed E-state index contributed by atoms with van der Waals surface area (Å²) in [5.41, 5.74) is 5.48. The van der Waals surface area contributed by atoms with E-state index in [1.807, 2.05) is 85.5 Å². The molecular weight excluding hydrogens is 787 g/mol. The van der Waals surface area contributed by atoms with Crippen molar-refractivity contribution in [3.8, 4) is 46.4 Å². The largest absolute Gasteiger partial charge is 0.457 e. The second kappa shape index (κ2) is 24.4. The van der Waals surface area contributed by atoms with Crippen LogP contribution in [0.15, 0.2) is 97.6 Å². The van der Waals surface area contributed by atoms with E-state index in [2.05, 4.69) is 33.8 Å². The molecule has 0 bridgehead atoms. The lowest BCUT2D eigenvalue weighted by Gasteiger charge is -2.17. The topological polar surface area (TPSA) is 108 Å². The second-order valence-corrected chi connectivity index (χ2v) is 16.5. The van der Waals surface area contributed by atoms with E-state index in [9.17, 15) is 10.5 Å². The number of nitrogens with zero attached hydrogens (tertiary/aromatic N) is 6. The van der Waals surface area contributed by atoms with Crippen LogP contribution in [-0.4, -0.2) is 19.9 Å². The smallest absolute Gasteiger partial charge is 0.159 e. The molecule has 9 heteroatoms. The average molecular weight is 845 g/mol. The predicted molar refractivity (Wildman–Crippen MR) is 246 cm³/mol. The average Bonchev–Trinajstić information content (AvgIpc) is 3.31. The van der Waals surface area contributed by atoms with Crippen LogP contribution in [0.5, 0.6) is 11.5 Å². The Kier molecular flexibility index (Phi) is 17.9. The quantitative estimate of drug-likeness (QED) is 0.0558. The summed E-state index contributed by atoms with van der Waals surface area (Å²) in [6.45, 7) is 4.47. The molecule has 0 saturated carbocycles. The van der Waals surface area contributed by atoms with Gasteiger partial charge in [0.2, 0.25) is 0 Å². The molecule has 0 aliphatic carbocycles. The van der Waals surface area contributed by atoms with Gasteiger partial charge in [0.25, 0.3) is 0 Å². The fraction of sp³-hybridized carbons (Fsp3) is 0.370. The Labute approximate surface area is 372 Å². The van der Waals surface area contributed by atoms with Gasteiger partial charge < -0.3 is 4.74 Å². The standard InChI is InChI=1S/C54H58F2N6O/c1-3-5-7-9-11-13-15-17-41-35-59-53(60-36-41)43-23-19-39(20-24-43)31-47-49(29-27-45(33-57)51(47)55)63-50-30-28-46(34-58)52(56)48(50)32-40-21-25-44(26-22-40)54-61-37-42(38-62-54)18-16-14-12-10-8-6-4-2/h19-30,35-38H,3-18,31-32H2,1-2H3. The maximum Gasteiger partial charge on any atom is 0.159 e. The zero-order valence-corrected chi connectivity index (χ0v) is 36.8. The molecule has 0 N–H and O–H groups in total. The van der Waals surface area contributed by atoms with Crippen molar-refractivity contribution in [2.45, 2.75) is 129 Å². The Morgan fingerprint density at radius 1 is 0.444 bits per heavy atom. The molecule has 63 heavy (non-hydrogen) atoms. The van der Waals surface area contributed by atoms with Gasteiger partial charge in [-0.25, -0.2) is 28.7 Å². The van der Waals surface area contributed by atoms with Gasteiger partial charge >= 0.3 is 0 Å². The van der Waals surface area contributed by atoms with Gasteiger partial charge in [0.05, 0.1) is 11.1 Å². The monoisotopic (exact) mass is 844 g/mol. The summed E-state index contributed by atoms with van der Waals surface area (Å²) < 4.78 is 38.3. The Morgan fingerprint density at radius 2 is 0.794 bits per heavy atom. The van der Waals surface area contributed by atoms with Gasteiger partial charge in [-0.1, -0.05) is 139 Å². The first-order valence-electron chi connectivity index (χ1n) is 22.8. The highest BCUT2D eigenvalue weighted by Gasteiger charge is 2.21. The SMILES string of the molecule is CCCCCCCCCc1cnc(-c2ccc(Cc3c(Oc4ccc(C#N)c(F)c4Cc4ccc(-c5ncc(CCCCCCCCC)cn5)cc4)ccc(C#N)c3F)cc2)nc1. The molecule has 0 radical (unpaired) electrons. The second-order valence-electron chi connectivity index (χ2n) is 16.5. The van der Waals surface area contributed by atoms with Crippen molar-refractivity contribution in [2.24, 2.45) is 0 Å². The van der Waals surface area contributed by atoms with E-state index >= 15 is 8.78 Å². The molecule has 6 rings (SSSR count). The van der Waals surface area contributed by atoms with Crippen LogP contribution in [-0.2, 0) is 25.7 Å². The number of aromatic nitrogens is 4. The normalized spacial score (nSPS) is 11.0. The van der Waals surface area contributed by atoms with Crippen molar-refractivity contribution < 1.29 is 13.5 Å². The summed E-state index contributed by atoms with van der Waals surface area (Å²) in [7, 11) is 0. The first-order valence-corrected chi connectivity index (χ1v) is 22.8. The molecule has 324 valence electrons. The van der Waals surface area contributed by atoms with Crippen LogP contribution >= 0.6 is 0 Å². The summed E-state index contributed by atoms with van der Waals surface area (Å²) in [4.78, 5) is 18.5. The Morgan fingerprint density at radius 3 is 1.14 bits per heavy atom. The minimum atomic E-state index is -0.710. The molecule has 0 unspecified atom stereocenters. The van der Waals surface area contributed by atoms with E-state index in [4.69, 9.17) is 4.74 Å². The number of rotatable bonds is 24. The number of nitriles is 2. The lowest BCUT2D eigenvalue weighted by atomic mass is 9.98. The zero-order chi connectivity index (χ0) is 44.2. The van der Waals surface area contributed by atoms with Crippen LogP contribution in [0, 0.1) is 34.3 Å². The van der Waals surface area contributed by atoms with Crippen molar-refractivity contribution in [1.29, 1.82) is 10.5 Å². The lowest BCUT2D eigenvalue weighted by molar-refractivity contribution is 0.456. The van der Waals surface area contributed by atoms with Gasteiger partial charge in [-0.2, -0.15) is 10.5 Å². The third-order valence-corrected chi connectivity index (χ3v) is 11.6. The lowest BCUT2D eigenvalue weighted by Crippen LogP contribution is -2.04.